The molecular weight excluding hydrogens is 905 g/mol. The summed E-state index contributed by atoms with van der Waals surface area (Å²) >= 11 is 0. The molecule has 0 saturated carbocycles. The van der Waals surface area contributed by atoms with Crippen LogP contribution in [0.4, 0.5) is 34.1 Å². The molecule has 12 aromatic carbocycles. The molecule has 0 bridgehead atoms. The summed E-state index contributed by atoms with van der Waals surface area (Å²) < 4.78 is 0. The van der Waals surface area contributed by atoms with E-state index < -0.39 is 5.41 Å². The van der Waals surface area contributed by atoms with Gasteiger partial charge in [-0.2, -0.15) is 0 Å². The summed E-state index contributed by atoms with van der Waals surface area (Å²) in [4.78, 5) is 4.94. The van der Waals surface area contributed by atoms with E-state index in [2.05, 4.69) is 325 Å². The smallest absolute Gasteiger partial charge is 0.0715 e. The standard InChI is InChI=1S/C73H52N2/c1-9-27-53(28-10-1)57-45-48-70(65(49-57)55-31-13-3-14-32-55)75(62-41-23-8-24-42-62)72-52-69-67(51-66(72)56-33-15-4-16-34-56)64-43-25-26-44-68(64)73(69,58-35-17-5-18-36-58)59-46-47-63(54-29-11-2-12-30-54)71(50-59)74(60-37-19-6-20-38-60)61-39-21-7-22-40-61/h1-52H. The van der Waals surface area contributed by atoms with Crippen LogP contribution < -0.4 is 9.80 Å². The average molecular weight is 957 g/mol. The van der Waals surface area contributed by atoms with Crippen LogP contribution >= 0.6 is 0 Å². The van der Waals surface area contributed by atoms with E-state index in [-0.39, 0.29) is 0 Å². The van der Waals surface area contributed by atoms with E-state index in [1.54, 1.807) is 0 Å². The van der Waals surface area contributed by atoms with E-state index in [9.17, 15) is 0 Å². The molecule has 354 valence electrons. The van der Waals surface area contributed by atoms with Gasteiger partial charge in [-0.1, -0.05) is 249 Å². The summed E-state index contributed by atoms with van der Waals surface area (Å²) in [7, 11) is 0. The Bertz CT molecular complexity index is 3860. The Balaban J connectivity index is 1.15. The van der Waals surface area contributed by atoms with Crippen molar-refractivity contribution in [3.05, 3.63) is 338 Å². The summed E-state index contributed by atoms with van der Waals surface area (Å²) in [5, 5.41) is 0. The van der Waals surface area contributed by atoms with Crippen LogP contribution in [0.25, 0.3) is 55.6 Å². The van der Waals surface area contributed by atoms with Crippen LogP contribution in [0.15, 0.2) is 315 Å². The van der Waals surface area contributed by atoms with Crippen LogP contribution in [-0.2, 0) is 5.41 Å². The van der Waals surface area contributed by atoms with Gasteiger partial charge in [0, 0.05) is 33.8 Å². The fraction of sp³-hybridized carbons (Fsp3) is 0.0137. The summed E-state index contributed by atoms with van der Waals surface area (Å²) in [6, 6.07) is 115. The first-order valence-corrected chi connectivity index (χ1v) is 25.8. The number of anilines is 6. The number of benzene rings is 12. The number of fused-ring (bicyclic) bond motifs is 3. The summed E-state index contributed by atoms with van der Waals surface area (Å²) in [5.41, 5.74) is 22.2. The highest BCUT2D eigenvalue weighted by molar-refractivity contribution is 6.00. The molecule has 0 fully saturated rings. The second kappa shape index (κ2) is 19.7. The predicted molar refractivity (Wildman–Crippen MR) is 315 cm³/mol. The topological polar surface area (TPSA) is 6.48 Å². The van der Waals surface area contributed by atoms with Crippen molar-refractivity contribution in [3.63, 3.8) is 0 Å². The van der Waals surface area contributed by atoms with Gasteiger partial charge in [0.2, 0.25) is 0 Å². The number of hydrogen-bond donors (Lipinski definition) is 0. The second-order valence-electron chi connectivity index (χ2n) is 19.2. The van der Waals surface area contributed by atoms with Gasteiger partial charge in [-0.25, -0.2) is 0 Å². The molecular formula is C73H52N2. The van der Waals surface area contributed by atoms with Gasteiger partial charge < -0.3 is 9.80 Å². The molecule has 0 amide bonds. The Morgan fingerprint density at radius 3 is 1.17 bits per heavy atom. The first-order chi connectivity index (χ1) is 37.2. The third-order valence-corrected chi connectivity index (χ3v) is 14.9. The summed E-state index contributed by atoms with van der Waals surface area (Å²) in [5.74, 6) is 0. The van der Waals surface area contributed by atoms with Gasteiger partial charge in [-0.3, -0.25) is 0 Å². The highest BCUT2D eigenvalue weighted by atomic mass is 15.2. The maximum absolute atomic E-state index is 2.54. The van der Waals surface area contributed by atoms with Gasteiger partial charge in [-0.05, 0) is 128 Å². The zero-order chi connectivity index (χ0) is 50.0. The van der Waals surface area contributed by atoms with Crippen molar-refractivity contribution in [1.29, 1.82) is 0 Å². The first-order valence-electron chi connectivity index (χ1n) is 25.8. The highest BCUT2D eigenvalue weighted by Crippen LogP contribution is 2.60. The normalized spacial score (nSPS) is 13.4. The molecule has 1 aliphatic carbocycles. The van der Waals surface area contributed by atoms with E-state index >= 15 is 0 Å². The number of nitrogens with zero attached hydrogens (tertiary/aromatic N) is 2. The average Bonchev–Trinajstić information content (AvgIpc) is 3.79. The number of rotatable bonds is 12. The highest BCUT2D eigenvalue weighted by Gasteiger charge is 2.47. The lowest BCUT2D eigenvalue weighted by molar-refractivity contribution is 0.768. The lowest BCUT2D eigenvalue weighted by Crippen LogP contribution is -2.29. The van der Waals surface area contributed by atoms with Crippen LogP contribution in [0.3, 0.4) is 0 Å². The van der Waals surface area contributed by atoms with Crippen molar-refractivity contribution in [2.24, 2.45) is 0 Å². The Morgan fingerprint density at radius 2 is 0.627 bits per heavy atom. The molecule has 0 saturated heterocycles. The molecule has 12 aromatic rings. The lowest BCUT2D eigenvalue weighted by atomic mass is 9.67. The predicted octanol–water partition coefficient (Wildman–Crippen LogP) is 19.7. The van der Waals surface area contributed by atoms with Crippen LogP contribution in [0.2, 0.25) is 0 Å². The molecule has 13 rings (SSSR count). The Morgan fingerprint density at radius 1 is 0.200 bits per heavy atom. The van der Waals surface area contributed by atoms with E-state index in [0.29, 0.717) is 0 Å². The number of para-hydroxylation sites is 3. The molecule has 1 aliphatic rings. The van der Waals surface area contributed by atoms with Crippen LogP contribution in [0.1, 0.15) is 22.3 Å². The SMILES string of the molecule is c1ccc(-c2ccc(N(c3ccccc3)c3cc4c(cc3-c3ccccc3)-c3ccccc3C4(c3ccccc3)c3ccc(-c4ccccc4)c(N(c4ccccc4)c4ccccc4)c3)c(-c3ccccc3)c2)cc1. The molecule has 2 heteroatoms. The molecule has 0 aliphatic heterocycles. The van der Waals surface area contributed by atoms with Crippen molar-refractivity contribution >= 4 is 34.1 Å². The maximum Gasteiger partial charge on any atom is 0.0715 e. The first kappa shape index (κ1) is 45.1. The summed E-state index contributed by atoms with van der Waals surface area (Å²) in [6.07, 6.45) is 0. The van der Waals surface area contributed by atoms with Gasteiger partial charge in [0.05, 0.1) is 22.5 Å². The Labute approximate surface area is 440 Å². The molecule has 2 nitrogen and oxygen atoms in total. The zero-order valence-corrected chi connectivity index (χ0v) is 41.4. The second-order valence-corrected chi connectivity index (χ2v) is 19.2. The van der Waals surface area contributed by atoms with Gasteiger partial charge in [-0.15, -0.1) is 0 Å². The van der Waals surface area contributed by atoms with E-state index in [0.717, 1.165) is 73.1 Å². The van der Waals surface area contributed by atoms with Crippen LogP contribution in [0, 0.1) is 0 Å². The molecule has 1 atom stereocenters. The molecule has 0 radical (unpaired) electrons. The van der Waals surface area contributed by atoms with Gasteiger partial charge in [0.1, 0.15) is 0 Å². The van der Waals surface area contributed by atoms with Crippen LogP contribution in [0.5, 0.6) is 0 Å². The van der Waals surface area contributed by atoms with Crippen molar-refractivity contribution in [2.45, 2.75) is 5.41 Å². The fourth-order valence-electron chi connectivity index (χ4n) is 11.6. The Hall–Kier alpha value is -9.76. The maximum atomic E-state index is 2.54. The monoisotopic (exact) mass is 956 g/mol. The van der Waals surface area contributed by atoms with Crippen LogP contribution in [-0.4, -0.2) is 0 Å². The molecule has 0 heterocycles. The lowest BCUT2D eigenvalue weighted by Gasteiger charge is -2.37. The third kappa shape index (κ3) is 8.10. The van der Waals surface area contributed by atoms with Gasteiger partial charge in [0.25, 0.3) is 0 Å². The van der Waals surface area contributed by atoms with Crippen molar-refractivity contribution in [2.75, 3.05) is 9.80 Å². The fourth-order valence-corrected chi connectivity index (χ4v) is 11.6. The minimum atomic E-state index is -0.762. The van der Waals surface area contributed by atoms with E-state index in [1.807, 2.05) is 0 Å². The molecule has 0 aromatic heterocycles. The van der Waals surface area contributed by atoms with Crippen molar-refractivity contribution in [1.82, 2.24) is 0 Å². The minimum Gasteiger partial charge on any atom is -0.310 e. The van der Waals surface area contributed by atoms with E-state index in [1.165, 1.54) is 38.9 Å². The Kier molecular flexibility index (Phi) is 11.8. The minimum absolute atomic E-state index is 0.762. The molecule has 1 unspecified atom stereocenters. The van der Waals surface area contributed by atoms with Crippen molar-refractivity contribution in [3.8, 4) is 55.6 Å². The summed E-state index contributed by atoms with van der Waals surface area (Å²) in [6.45, 7) is 0. The molecule has 0 N–H and O–H groups in total. The zero-order valence-electron chi connectivity index (χ0n) is 41.4. The quantitative estimate of drug-likeness (QED) is 0.120. The van der Waals surface area contributed by atoms with Gasteiger partial charge in [0.15, 0.2) is 0 Å². The van der Waals surface area contributed by atoms with E-state index in [4.69, 9.17) is 0 Å². The molecule has 75 heavy (non-hydrogen) atoms. The number of hydrogen-bond acceptors (Lipinski definition) is 2. The van der Waals surface area contributed by atoms with Gasteiger partial charge >= 0.3 is 0 Å². The van der Waals surface area contributed by atoms with Crippen molar-refractivity contribution < 1.29 is 0 Å². The third-order valence-electron chi connectivity index (χ3n) is 14.9. The largest absolute Gasteiger partial charge is 0.310 e. The molecule has 0 spiro atoms.